The van der Waals surface area contributed by atoms with E-state index in [4.69, 9.17) is 4.55 Å². The van der Waals surface area contributed by atoms with Crippen molar-refractivity contribution in [2.45, 2.75) is 12.3 Å². The van der Waals surface area contributed by atoms with E-state index in [0.717, 1.165) is 11.1 Å². The van der Waals surface area contributed by atoms with Gasteiger partial charge in [-0.3, -0.25) is 4.55 Å². The maximum Gasteiger partial charge on any atom is 0.265 e. The van der Waals surface area contributed by atoms with E-state index < -0.39 is 10.1 Å². The highest BCUT2D eigenvalue weighted by Crippen LogP contribution is 2.22. The van der Waals surface area contributed by atoms with Crippen LogP contribution in [0.25, 0.3) is 0 Å². The Hall–Kier alpha value is -1.65. The molecule has 0 heterocycles. The summed E-state index contributed by atoms with van der Waals surface area (Å²) in [5.41, 5.74) is 1.98. The summed E-state index contributed by atoms with van der Waals surface area (Å²) in [6.07, 6.45) is 0.588. The molecule has 1 atom stereocenters. The Kier molecular flexibility index (Phi) is 4.35. The van der Waals surface area contributed by atoms with Crippen LogP contribution in [0.4, 0.5) is 0 Å². The van der Waals surface area contributed by atoms with E-state index in [9.17, 15) is 8.42 Å². The lowest BCUT2D eigenvalue weighted by Crippen LogP contribution is -2.16. The van der Waals surface area contributed by atoms with Gasteiger partial charge in [-0.25, -0.2) is 0 Å². The van der Waals surface area contributed by atoms with Crippen LogP contribution >= 0.6 is 0 Å². The molecule has 3 nitrogen and oxygen atoms in total. The fourth-order valence-electron chi connectivity index (χ4n) is 2.15. The SMILES string of the molecule is O=S(=O)(O)C[C@H](Cc1ccccc1)c1ccccc1. The first-order valence-electron chi connectivity index (χ1n) is 6.08. The minimum Gasteiger partial charge on any atom is -0.286 e. The van der Waals surface area contributed by atoms with Gasteiger partial charge in [-0.15, -0.1) is 0 Å². The van der Waals surface area contributed by atoms with Crippen LogP contribution in [0.2, 0.25) is 0 Å². The Labute approximate surface area is 113 Å². The van der Waals surface area contributed by atoms with Crippen molar-refractivity contribution in [3.63, 3.8) is 0 Å². The molecule has 4 heteroatoms. The molecular formula is C15H16O3S. The Morgan fingerprint density at radius 1 is 0.895 bits per heavy atom. The highest BCUT2D eigenvalue weighted by molar-refractivity contribution is 7.85. The van der Waals surface area contributed by atoms with E-state index in [1.807, 2.05) is 60.7 Å². The van der Waals surface area contributed by atoms with E-state index in [-0.39, 0.29) is 11.7 Å². The van der Waals surface area contributed by atoms with E-state index in [1.54, 1.807) is 0 Å². The molecule has 0 bridgehead atoms. The van der Waals surface area contributed by atoms with E-state index in [1.165, 1.54) is 0 Å². The number of benzene rings is 2. The number of hydrogen-bond donors (Lipinski definition) is 1. The van der Waals surface area contributed by atoms with Crippen LogP contribution in [0.3, 0.4) is 0 Å². The van der Waals surface area contributed by atoms with Crippen LogP contribution in [0.15, 0.2) is 60.7 Å². The molecule has 2 rings (SSSR count). The minimum atomic E-state index is -3.99. The smallest absolute Gasteiger partial charge is 0.265 e. The molecule has 0 aliphatic carbocycles. The van der Waals surface area contributed by atoms with E-state index in [2.05, 4.69) is 0 Å². The maximum absolute atomic E-state index is 11.2. The Balaban J connectivity index is 2.25. The molecule has 0 aliphatic rings. The van der Waals surface area contributed by atoms with Crippen LogP contribution in [-0.4, -0.2) is 18.7 Å². The van der Waals surface area contributed by atoms with Crippen LogP contribution in [0.5, 0.6) is 0 Å². The number of rotatable bonds is 5. The van der Waals surface area contributed by atoms with E-state index in [0.29, 0.717) is 6.42 Å². The Morgan fingerprint density at radius 3 is 1.95 bits per heavy atom. The van der Waals surface area contributed by atoms with Crippen molar-refractivity contribution in [3.8, 4) is 0 Å². The van der Waals surface area contributed by atoms with Crippen LogP contribution in [-0.2, 0) is 16.5 Å². The summed E-state index contributed by atoms with van der Waals surface area (Å²) in [4.78, 5) is 0. The Morgan fingerprint density at radius 2 is 1.42 bits per heavy atom. The van der Waals surface area contributed by atoms with Gasteiger partial charge in [0, 0.05) is 5.92 Å². The maximum atomic E-state index is 11.2. The summed E-state index contributed by atoms with van der Waals surface area (Å²) >= 11 is 0. The average molecular weight is 276 g/mol. The lowest BCUT2D eigenvalue weighted by atomic mass is 9.94. The summed E-state index contributed by atoms with van der Waals surface area (Å²) in [5, 5.41) is 0. The first-order chi connectivity index (χ1) is 9.04. The van der Waals surface area contributed by atoms with Crippen LogP contribution in [0, 0.1) is 0 Å². The number of hydrogen-bond acceptors (Lipinski definition) is 2. The van der Waals surface area contributed by atoms with Gasteiger partial charge in [-0.1, -0.05) is 60.7 Å². The predicted molar refractivity (Wildman–Crippen MR) is 75.7 cm³/mol. The molecule has 0 fully saturated rings. The van der Waals surface area contributed by atoms with Gasteiger partial charge in [0.15, 0.2) is 0 Å². The first kappa shape index (κ1) is 13.8. The van der Waals surface area contributed by atoms with Crippen molar-refractivity contribution in [1.82, 2.24) is 0 Å². The zero-order valence-corrected chi connectivity index (χ0v) is 11.3. The normalized spacial score (nSPS) is 13.1. The molecule has 2 aromatic carbocycles. The van der Waals surface area contributed by atoms with Gasteiger partial charge >= 0.3 is 0 Å². The molecule has 0 aliphatic heterocycles. The standard InChI is InChI=1S/C15H16O3S/c16-19(17,18)12-15(14-9-5-2-6-10-14)11-13-7-3-1-4-8-13/h1-10,15H,11-12H2,(H,16,17,18)/t15-/m0/s1. The van der Waals surface area contributed by atoms with Crippen molar-refractivity contribution in [3.05, 3.63) is 71.8 Å². The molecule has 0 saturated heterocycles. The van der Waals surface area contributed by atoms with Crippen molar-refractivity contribution in [2.75, 3.05) is 5.75 Å². The lowest BCUT2D eigenvalue weighted by molar-refractivity contribution is 0.476. The highest BCUT2D eigenvalue weighted by Gasteiger charge is 2.19. The minimum absolute atomic E-state index is 0.237. The second kappa shape index (κ2) is 5.99. The van der Waals surface area contributed by atoms with Crippen molar-refractivity contribution in [2.24, 2.45) is 0 Å². The quantitative estimate of drug-likeness (QED) is 0.854. The largest absolute Gasteiger partial charge is 0.286 e. The molecule has 19 heavy (non-hydrogen) atoms. The second-order valence-corrected chi connectivity index (χ2v) is 6.04. The van der Waals surface area contributed by atoms with Crippen molar-refractivity contribution < 1.29 is 13.0 Å². The molecule has 0 unspecified atom stereocenters. The Bertz CT molecular complexity index is 606. The third kappa shape index (κ3) is 4.50. The zero-order chi connectivity index (χ0) is 13.7. The summed E-state index contributed by atoms with van der Waals surface area (Å²) in [5.74, 6) is -0.495. The predicted octanol–water partition coefficient (Wildman–Crippen LogP) is 2.90. The molecule has 0 saturated carbocycles. The third-order valence-electron chi connectivity index (χ3n) is 3.01. The molecular weight excluding hydrogens is 260 g/mol. The molecule has 1 N–H and O–H groups in total. The van der Waals surface area contributed by atoms with Crippen molar-refractivity contribution in [1.29, 1.82) is 0 Å². The molecule has 100 valence electrons. The van der Waals surface area contributed by atoms with Crippen LogP contribution < -0.4 is 0 Å². The lowest BCUT2D eigenvalue weighted by Gasteiger charge is -2.16. The van der Waals surface area contributed by atoms with Crippen LogP contribution in [0.1, 0.15) is 17.0 Å². The summed E-state index contributed by atoms with van der Waals surface area (Å²) in [6, 6.07) is 19.1. The molecule has 0 aromatic heterocycles. The molecule has 0 amide bonds. The van der Waals surface area contributed by atoms with Gasteiger partial charge in [-0.05, 0) is 17.5 Å². The molecule has 0 spiro atoms. The van der Waals surface area contributed by atoms with Gasteiger partial charge < -0.3 is 0 Å². The van der Waals surface area contributed by atoms with Gasteiger partial charge in [-0.2, -0.15) is 8.42 Å². The van der Waals surface area contributed by atoms with Gasteiger partial charge in [0.25, 0.3) is 10.1 Å². The van der Waals surface area contributed by atoms with Gasteiger partial charge in [0.05, 0.1) is 5.75 Å². The summed E-state index contributed by atoms with van der Waals surface area (Å²) in [6.45, 7) is 0. The third-order valence-corrected chi connectivity index (χ3v) is 3.83. The van der Waals surface area contributed by atoms with Gasteiger partial charge in [0.2, 0.25) is 0 Å². The van der Waals surface area contributed by atoms with Crippen molar-refractivity contribution >= 4 is 10.1 Å². The average Bonchev–Trinajstić information content (AvgIpc) is 2.39. The first-order valence-corrected chi connectivity index (χ1v) is 7.69. The highest BCUT2D eigenvalue weighted by atomic mass is 32.2. The molecule has 0 radical (unpaired) electrons. The fraction of sp³-hybridized carbons (Fsp3) is 0.200. The summed E-state index contributed by atoms with van der Waals surface area (Å²) in [7, 11) is -3.99. The fourth-order valence-corrected chi connectivity index (χ4v) is 2.97. The topological polar surface area (TPSA) is 54.4 Å². The summed E-state index contributed by atoms with van der Waals surface area (Å²) < 4.78 is 31.4. The second-order valence-electron chi connectivity index (χ2n) is 4.55. The van der Waals surface area contributed by atoms with E-state index >= 15 is 0 Å². The molecule has 2 aromatic rings. The monoisotopic (exact) mass is 276 g/mol. The van der Waals surface area contributed by atoms with Gasteiger partial charge in [0.1, 0.15) is 0 Å². The zero-order valence-electron chi connectivity index (χ0n) is 10.4.